The maximum Gasteiger partial charge on any atom is 0.407 e. The Morgan fingerprint density at radius 1 is 1.03 bits per heavy atom. The third-order valence-corrected chi connectivity index (χ3v) is 7.20. The van der Waals surface area contributed by atoms with Gasteiger partial charge in [0, 0.05) is 31.0 Å². The molecule has 1 saturated heterocycles. The fourth-order valence-electron chi connectivity index (χ4n) is 5.29. The molecule has 2 amide bonds. The number of aliphatic carboxylic acids is 1. The van der Waals surface area contributed by atoms with Gasteiger partial charge in [-0.3, -0.25) is 9.59 Å². The molecule has 1 aliphatic heterocycles. The van der Waals surface area contributed by atoms with E-state index in [1.807, 2.05) is 38.1 Å². The third kappa shape index (κ3) is 5.66. The molecule has 2 N–H and O–H groups in total. The topological polar surface area (TPSA) is 95.9 Å². The first-order chi connectivity index (χ1) is 16.8. The summed E-state index contributed by atoms with van der Waals surface area (Å²) in [5.41, 5.74) is 4.62. The highest BCUT2D eigenvalue weighted by Gasteiger charge is 2.32. The Hall–Kier alpha value is -3.35. The number of hydrogen-bond acceptors (Lipinski definition) is 4. The number of carbonyl (C=O) groups is 3. The molecule has 7 heteroatoms. The van der Waals surface area contributed by atoms with E-state index in [2.05, 4.69) is 29.6 Å². The number of amides is 2. The van der Waals surface area contributed by atoms with Gasteiger partial charge in [-0.15, -0.1) is 0 Å². The van der Waals surface area contributed by atoms with Crippen LogP contribution in [0.3, 0.4) is 0 Å². The number of piperidine rings is 1. The van der Waals surface area contributed by atoms with Crippen molar-refractivity contribution < 1.29 is 24.2 Å². The molecule has 1 heterocycles. The van der Waals surface area contributed by atoms with E-state index >= 15 is 0 Å². The minimum atomic E-state index is -0.896. The van der Waals surface area contributed by atoms with Crippen LogP contribution in [0.5, 0.6) is 0 Å². The van der Waals surface area contributed by atoms with Crippen LogP contribution in [0.1, 0.15) is 63.0 Å². The van der Waals surface area contributed by atoms with Crippen molar-refractivity contribution in [2.45, 2.75) is 64.0 Å². The number of carboxylic acid groups (broad SMARTS) is 1. The van der Waals surface area contributed by atoms with E-state index in [1.54, 1.807) is 4.90 Å². The number of carboxylic acids is 1. The molecule has 1 fully saturated rings. The van der Waals surface area contributed by atoms with Crippen molar-refractivity contribution in [2.24, 2.45) is 5.92 Å². The summed E-state index contributed by atoms with van der Waals surface area (Å²) in [6, 6.07) is 15.7. The molecule has 186 valence electrons. The maximum absolute atomic E-state index is 13.1. The molecule has 2 aromatic carbocycles. The molecule has 0 radical (unpaired) electrons. The second kappa shape index (κ2) is 10.9. The molecule has 0 saturated carbocycles. The number of carbonyl (C=O) groups excluding carboxylic acids is 2. The van der Waals surface area contributed by atoms with E-state index in [4.69, 9.17) is 4.74 Å². The molecule has 35 heavy (non-hydrogen) atoms. The quantitative estimate of drug-likeness (QED) is 0.568. The number of nitrogens with one attached hydrogen (secondary N) is 1. The summed E-state index contributed by atoms with van der Waals surface area (Å²) >= 11 is 0. The van der Waals surface area contributed by atoms with E-state index < -0.39 is 18.1 Å². The molecule has 0 aromatic heterocycles. The van der Waals surface area contributed by atoms with Gasteiger partial charge in [0.15, 0.2) is 0 Å². The Bertz CT molecular complexity index is 1040. The van der Waals surface area contributed by atoms with Crippen molar-refractivity contribution >= 4 is 18.0 Å². The number of ether oxygens (including phenoxy) is 1. The molecule has 2 atom stereocenters. The van der Waals surface area contributed by atoms with Gasteiger partial charge in [0.25, 0.3) is 0 Å². The summed E-state index contributed by atoms with van der Waals surface area (Å²) in [5, 5.41) is 12.1. The highest BCUT2D eigenvalue weighted by Crippen LogP contribution is 2.44. The predicted octanol–water partition coefficient (Wildman–Crippen LogP) is 4.80. The Kier molecular flexibility index (Phi) is 7.73. The largest absolute Gasteiger partial charge is 0.481 e. The molecule has 0 unspecified atom stereocenters. The molecule has 4 rings (SSSR count). The van der Waals surface area contributed by atoms with E-state index in [-0.39, 0.29) is 43.2 Å². The van der Waals surface area contributed by atoms with Crippen LogP contribution in [0.2, 0.25) is 0 Å². The Morgan fingerprint density at radius 3 is 2.26 bits per heavy atom. The summed E-state index contributed by atoms with van der Waals surface area (Å²) in [6.07, 6.45) is 2.03. The van der Waals surface area contributed by atoms with Gasteiger partial charge >= 0.3 is 12.1 Å². The van der Waals surface area contributed by atoms with Gasteiger partial charge in [-0.25, -0.2) is 4.79 Å². The van der Waals surface area contributed by atoms with Gasteiger partial charge < -0.3 is 20.1 Å². The molecule has 2 aromatic rings. The standard InChI is InChI=1S/C28H34N2O5/c1-18(2)25(16-26(31)30-14-8-7-9-19(30)15-27(32)33)29-28(34)35-17-24-22-12-5-3-10-20(22)21-11-4-6-13-23(21)24/h3-6,10-13,18-19,24-25H,7-9,14-17H2,1-2H3,(H,29,34)(H,32,33)/t19-,25-/m1/s1. The Balaban J connectivity index is 1.37. The lowest BCUT2D eigenvalue weighted by Gasteiger charge is -2.36. The minimum Gasteiger partial charge on any atom is -0.481 e. The SMILES string of the molecule is CC(C)[C@@H](CC(=O)N1CCCC[C@@H]1CC(=O)O)NC(=O)OCC1c2ccccc2-c2ccccc21. The van der Waals surface area contributed by atoms with Crippen LogP contribution in [-0.2, 0) is 14.3 Å². The lowest BCUT2D eigenvalue weighted by molar-refractivity contribution is -0.142. The zero-order valence-corrected chi connectivity index (χ0v) is 20.4. The Morgan fingerprint density at radius 2 is 1.66 bits per heavy atom. The average molecular weight is 479 g/mol. The van der Waals surface area contributed by atoms with Crippen LogP contribution in [0, 0.1) is 5.92 Å². The molecular formula is C28H34N2O5. The monoisotopic (exact) mass is 478 g/mol. The maximum atomic E-state index is 13.1. The molecule has 0 spiro atoms. The van der Waals surface area contributed by atoms with Crippen molar-refractivity contribution in [1.29, 1.82) is 0 Å². The van der Waals surface area contributed by atoms with Gasteiger partial charge in [0.05, 0.1) is 6.42 Å². The molecule has 0 bridgehead atoms. The van der Waals surface area contributed by atoms with Gasteiger partial charge in [0.2, 0.25) is 5.91 Å². The average Bonchev–Trinajstić information content (AvgIpc) is 3.16. The Labute approximate surface area is 206 Å². The van der Waals surface area contributed by atoms with E-state index in [1.165, 1.54) is 11.1 Å². The third-order valence-electron chi connectivity index (χ3n) is 7.20. The lowest BCUT2D eigenvalue weighted by atomic mass is 9.96. The van der Waals surface area contributed by atoms with Crippen molar-refractivity contribution in [3.05, 3.63) is 59.7 Å². The summed E-state index contributed by atoms with van der Waals surface area (Å²) in [4.78, 5) is 38.8. The van der Waals surface area contributed by atoms with Crippen molar-refractivity contribution in [1.82, 2.24) is 10.2 Å². The number of hydrogen-bond donors (Lipinski definition) is 2. The zero-order chi connectivity index (χ0) is 24.9. The van der Waals surface area contributed by atoms with Gasteiger partial charge in [0.1, 0.15) is 6.61 Å². The number of rotatable bonds is 8. The second-order valence-electron chi connectivity index (χ2n) is 9.86. The molecule has 2 aliphatic rings. The summed E-state index contributed by atoms with van der Waals surface area (Å²) in [5.74, 6) is -1.03. The van der Waals surface area contributed by atoms with Gasteiger partial charge in [-0.2, -0.15) is 0 Å². The van der Waals surface area contributed by atoms with Crippen molar-refractivity contribution in [3.8, 4) is 11.1 Å². The lowest BCUT2D eigenvalue weighted by Crippen LogP contribution is -2.48. The van der Waals surface area contributed by atoms with E-state index in [0.717, 1.165) is 24.0 Å². The summed E-state index contributed by atoms with van der Waals surface area (Å²) < 4.78 is 5.67. The molecule has 7 nitrogen and oxygen atoms in total. The predicted molar refractivity (Wildman–Crippen MR) is 133 cm³/mol. The van der Waals surface area contributed by atoms with Crippen LogP contribution < -0.4 is 5.32 Å². The fourth-order valence-corrected chi connectivity index (χ4v) is 5.29. The minimum absolute atomic E-state index is 0.0159. The van der Waals surface area contributed by atoms with Gasteiger partial charge in [-0.1, -0.05) is 62.4 Å². The first kappa shape index (κ1) is 24.8. The van der Waals surface area contributed by atoms with Crippen LogP contribution in [0.15, 0.2) is 48.5 Å². The number of nitrogens with zero attached hydrogens (tertiary/aromatic N) is 1. The molecule has 1 aliphatic carbocycles. The highest BCUT2D eigenvalue weighted by molar-refractivity contribution is 5.80. The number of alkyl carbamates (subject to hydrolysis) is 1. The number of fused-ring (bicyclic) bond motifs is 3. The van der Waals surface area contributed by atoms with E-state index in [0.29, 0.717) is 13.0 Å². The van der Waals surface area contributed by atoms with Crippen LogP contribution in [0.25, 0.3) is 11.1 Å². The zero-order valence-electron chi connectivity index (χ0n) is 20.4. The number of likely N-dealkylation sites (tertiary alicyclic amines) is 1. The smallest absolute Gasteiger partial charge is 0.407 e. The highest BCUT2D eigenvalue weighted by atomic mass is 16.5. The second-order valence-corrected chi connectivity index (χ2v) is 9.86. The van der Waals surface area contributed by atoms with Crippen molar-refractivity contribution in [2.75, 3.05) is 13.2 Å². The summed E-state index contributed by atoms with van der Waals surface area (Å²) in [7, 11) is 0. The summed E-state index contributed by atoms with van der Waals surface area (Å²) in [6.45, 7) is 4.68. The molecular weight excluding hydrogens is 444 g/mol. The van der Waals surface area contributed by atoms with Gasteiger partial charge in [-0.05, 0) is 47.4 Å². The fraction of sp³-hybridized carbons (Fsp3) is 0.464. The normalized spacial score (nSPS) is 18.0. The van der Waals surface area contributed by atoms with Crippen LogP contribution in [-0.4, -0.2) is 53.2 Å². The van der Waals surface area contributed by atoms with Crippen molar-refractivity contribution in [3.63, 3.8) is 0 Å². The van der Waals surface area contributed by atoms with Crippen LogP contribution >= 0.6 is 0 Å². The van der Waals surface area contributed by atoms with E-state index in [9.17, 15) is 19.5 Å². The van der Waals surface area contributed by atoms with Crippen LogP contribution in [0.4, 0.5) is 4.79 Å². The first-order valence-electron chi connectivity index (χ1n) is 12.5. The number of benzene rings is 2. The first-order valence-corrected chi connectivity index (χ1v) is 12.5.